The first-order valence-corrected chi connectivity index (χ1v) is 9.20. The molecule has 1 amide bonds. The number of fused-ring (bicyclic) bond motifs is 1. The molecule has 1 saturated heterocycles. The minimum Gasteiger partial charge on any atom is -0.384 e. The summed E-state index contributed by atoms with van der Waals surface area (Å²) >= 11 is 1.73. The van der Waals surface area contributed by atoms with Crippen molar-refractivity contribution in [2.45, 2.75) is 44.8 Å². The number of ether oxygens (including phenoxy) is 1. The molecule has 0 radical (unpaired) electrons. The van der Waals surface area contributed by atoms with Crippen LogP contribution in [0.25, 0.3) is 0 Å². The van der Waals surface area contributed by atoms with Crippen molar-refractivity contribution in [3.8, 4) is 0 Å². The fourth-order valence-corrected chi connectivity index (χ4v) is 4.86. The smallest absolute Gasteiger partial charge is 0.263 e. The summed E-state index contributed by atoms with van der Waals surface area (Å²) in [5.74, 6) is 0.864. The topological polar surface area (TPSA) is 32.8 Å². The normalized spacial score (nSPS) is 23.0. The Kier molecular flexibility index (Phi) is 3.96. The van der Waals surface area contributed by atoms with E-state index in [1.807, 2.05) is 4.90 Å². The van der Waals surface area contributed by atoms with Crippen LogP contribution in [0.4, 0.5) is 0 Å². The molecular formula is C17H24N2O2S. The Bertz CT molecular complexity index is 536. The van der Waals surface area contributed by atoms with Crippen LogP contribution in [-0.2, 0) is 17.8 Å². The number of likely N-dealkylation sites (tertiary alicyclic amines) is 1. The van der Waals surface area contributed by atoms with Gasteiger partial charge in [0.1, 0.15) is 0 Å². The van der Waals surface area contributed by atoms with Crippen LogP contribution >= 0.6 is 11.3 Å². The lowest BCUT2D eigenvalue weighted by atomic mass is 9.98. The van der Waals surface area contributed by atoms with Crippen LogP contribution in [0.3, 0.4) is 0 Å². The van der Waals surface area contributed by atoms with Crippen LogP contribution < -0.4 is 0 Å². The van der Waals surface area contributed by atoms with E-state index in [0.29, 0.717) is 5.92 Å². The molecule has 3 heterocycles. The molecule has 0 atom stereocenters. The van der Waals surface area contributed by atoms with E-state index in [2.05, 4.69) is 11.0 Å². The van der Waals surface area contributed by atoms with Crippen LogP contribution in [0.5, 0.6) is 0 Å². The van der Waals surface area contributed by atoms with Crippen molar-refractivity contribution in [2.75, 3.05) is 26.8 Å². The van der Waals surface area contributed by atoms with Crippen molar-refractivity contribution in [3.05, 3.63) is 21.4 Å². The SMILES string of the molecule is COCC1CCN(C(=O)c2cc3c(s2)CN(C2CC2)C3)CC1. The maximum atomic E-state index is 12.7. The van der Waals surface area contributed by atoms with Gasteiger partial charge in [-0.25, -0.2) is 0 Å². The van der Waals surface area contributed by atoms with E-state index in [4.69, 9.17) is 4.74 Å². The zero-order chi connectivity index (χ0) is 15.1. The molecule has 1 aromatic heterocycles. The molecule has 4 nitrogen and oxygen atoms in total. The van der Waals surface area contributed by atoms with Gasteiger partial charge in [-0.05, 0) is 43.2 Å². The number of carbonyl (C=O) groups excluding carboxylic acids is 1. The van der Waals surface area contributed by atoms with Gasteiger partial charge in [0.2, 0.25) is 0 Å². The molecule has 22 heavy (non-hydrogen) atoms. The van der Waals surface area contributed by atoms with Crippen LogP contribution in [0.15, 0.2) is 6.07 Å². The molecule has 1 saturated carbocycles. The average Bonchev–Trinajstić information content (AvgIpc) is 3.18. The molecule has 4 rings (SSSR count). The fraction of sp³-hybridized carbons (Fsp3) is 0.706. The molecule has 2 aliphatic heterocycles. The quantitative estimate of drug-likeness (QED) is 0.855. The number of rotatable bonds is 4. The van der Waals surface area contributed by atoms with E-state index in [1.165, 1.54) is 23.3 Å². The summed E-state index contributed by atoms with van der Waals surface area (Å²) in [5.41, 5.74) is 1.40. The number of thiophene rings is 1. The number of carbonyl (C=O) groups is 1. The van der Waals surface area contributed by atoms with E-state index in [1.54, 1.807) is 18.4 Å². The Labute approximate surface area is 136 Å². The van der Waals surface area contributed by atoms with E-state index in [0.717, 1.165) is 56.5 Å². The Balaban J connectivity index is 1.37. The van der Waals surface area contributed by atoms with E-state index in [-0.39, 0.29) is 5.91 Å². The standard InChI is InChI=1S/C17H24N2O2S/c1-21-11-12-4-6-18(7-5-12)17(20)15-8-13-9-19(14-2-3-14)10-16(13)22-15/h8,12,14H,2-7,9-11H2,1H3. The molecule has 120 valence electrons. The molecule has 0 N–H and O–H groups in total. The average molecular weight is 320 g/mol. The number of hydrogen-bond donors (Lipinski definition) is 0. The number of methoxy groups -OCH3 is 1. The van der Waals surface area contributed by atoms with Gasteiger partial charge in [0.25, 0.3) is 5.91 Å². The second-order valence-electron chi connectivity index (χ2n) is 6.89. The van der Waals surface area contributed by atoms with Crippen molar-refractivity contribution in [3.63, 3.8) is 0 Å². The van der Waals surface area contributed by atoms with Crippen LogP contribution in [0, 0.1) is 5.92 Å². The Hall–Kier alpha value is -0.910. The third-order valence-electron chi connectivity index (χ3n) is 5.19. The van der Waals surface area contributed by atoms with Gasteiger partial charge in [-0.1, -0.05) is 0 Å². The zero-order valence-electron chi connectivity index (χ0n) is 13.2. The van der Waals surface area contributed by atoms with Gasteiger partial charge in [0, 0.05) is 50.8 Å². The van der Waals surface area contributed by atoms with E-state index >= 15 is 0 Å². The minimum atomic E-state index is 0.244. The van der Waals surface area contributed by atoms with Crippen LogP contribution in [0.1, 0.15) is 45.8 Å². The largest absolute Gasteiger partial charge is 0.384 e. The lowest BCUT2D eigenvalue weighted by Gasteiger charge is -2.31. The molecule has 0 aromatic carbocycles. The van der Waals surface area contributed by atoms with Crippen LogP contribution in [0.2, 0.25) is 0 Å². The summed E-state index contributed by atoms with van der Waals surface area (Å²) < 4.78 is 5.23. The number of hydrogen-bond acceptors (Lipinski definition) is 4. The molecule has 0 spiro atoms. The van der Waals surface area contributed by atoms with Crippen molar-refractivity contribution in [1.29, 1.82) is 0 Å². The monoisotopic (exact) mass is 320 g/mol. The molecule has 2 fully saturated rings. The lowest BCUT2D eigenvalue weighted by molar-refractivity contribution is 0.0618. The highest BCUT2D eigenvalue weighted by molar-refractivity contribution is 7.14. The van der Waals surface area contributed by atoms with Gasteiger partial charge in [0.15, 0.2) is 0 Å². The second kappa shape index (κ2) is 5.95. The van der Waals surface area contributed by atoms with Gasteiger partial charge in [0.05, 0.1) is 4.88 Å². The van der Waals surface area contributed by atoms with E-state index in [9.17, 15) is 4.79 Å². The molecule has 1 aliphatic carbocycles. The highest BCUT2D eigenvalue weighted by Gasteiger charge is 2.35. The van der Waals surface area contributed by atoms with Gasteiger partial charge in [-0.2, -0.15) is 0 Å². The lowest BCUT2D eigenvalue weighted by Crippen LogP contribution is -2.39. The summed E-state index contributed by atoms with van der Waals surface area (Å²) in [6.45, 7) is 4.70. The van der Waals surface area contributed by atoms with Crippen molar-refractivity contribution >= 4 is 17.2 Å². The van der Waals surface area contributed by atoms with Crippen molar-refractivity contribution in [1.82, 2.24) is 9.80 Å². The highest BCUT2D eigenvalue weighted by atomic mass is 32.1. The predicted molar refractivity (Wildman–Crippen MR) is 87.1 cm³/mol. The molecule has 3 aliphatic rings. The van der Waals surface area contributed by atoms with Gasteiger partial charge >= 0.3 is 0 Å². The summed E-state index contributed by atoms with van der Waals surface area (Å²) in [5, 5.41) is 0. The van der Waals surface area contributed by atoms with Crippen LogP contribution in [-0.4, -0.2) is 48.6 Å². The maximum absolute atomic E-state index is 12.7. The maximum Gasteiger partial charge on any atom is 0.263 e. The Morgan fingerprint density at radius 2 is 2.05 bits per heavy atom. The van der Waals surface area contributed by atoms with Crippen molar-refractivity contribution in [2.24, 2.45) is 5.92 Å². The highest BCUT2D eigenvalue weighted by Crippen LogP contribution is 2.38. The van der Waals surface area contributed by atoms with Gasteiger partial charge < -0.3 is 9.64 Å². The summed E-state index contributed by atoms with van der Waals surface area (Å²) in [6, 6.07) is 2.98. The van der Waals surface area contributed by atoms with Crippen molar-refractivity contribution < 1.29 is 9.53 Å². The third-order valence-corrected chi connectivity index (χ3v) is 6.35. The second-order valence-corrected chi connectivity index (χ2v) is 8.02. The number of piperidine rings is 1. The van der Waals surface area contributed by atoms with Gasteiger partial charge in [-0.15, -0.1) is 11.3 Å². The summed E-state index contributed by atoms with van der Waals surface area (Å²) in [7, 11) is 1.76. The first-order chi connectivity index (χ1) is 10.7. The number of nitrogens with zero attached hydrogens (tertiary/aromatic N) is 2. The Morgan fingerprint density at radius 1 is 1.27 bits per heavy atom. The minimum absolute atomic E-state index is 0.244. The summed E-state index contributed by atoms with van der Waals surface area (Å²) in [6.07, 6.45) is 4.86. The first-order valence-electron chi connectivity index (χ1n) is 8.38. The Morgan fingerprint density at radius 3 is 2.68 bits per heavy atom. The molecule has 1 aromatic rings. The van der Waals surface area contributed by atoms with E-state index < -0.39 is 0 Å². The molecule has 0 bridgehead atoms. The first kappa shape index (κ1) is 14.7. The number of amides is 1. The fourth-order valence-electron chi connectivity index (χ4n) is 3.69. The molecule has 0 unspecified atom stereocenters. The van der Waals surface area contributed by atoms with Gasteiger partial charge in [-0.3, -0.25) is 9.69 Å². The third kappa shape index (κ3) is 2.82. The molecular weight excluding hydrogens is 296 g/mol. The summed E-state index contributed by atoms with van der Waals surface area (Å²) in [4.78, 5) is 19.7. The predicted octanol–water partition coefficient (Wildman–Crippen LogP) is 2.72. The molecule has 5 heteroatoms. The zero-order valence-corrected chi connectivity index (χ0v) is 14.0.